The van der Waals surface area contributed by atoms with E-state index in [1.54, 1.807) is 18.5 Å². The van der Waals surface area contributed by atoms with Crippen molar-refractivity contribution < 1.29 is 12.9 Å². The van der Waals surface area contributed by atoms with Gasteiger partial charge >= 0.3 is 0 Å². The van der Waals surface area contributed by atoms with Gasteiger partial charge in [-0.25, -0.2) is 27.8 Å². The molecule has 1 aliphatic rings. The molecule has 126 valence electrons. The first kappa shape index (κ1) is 15.2. The number of aryl methyl sites for hydroxylation is 3. The minimum absolute atomic E-state index is 0.0784. The molecule has 4 heterocycles. The number of hydrogen-bond acceptors (Lipinski definition) is 7. The monoisotopic (exact) mass is 348 g/mol. The number of nitrogens with one attached hydrogen (secondary N) is 1. The van der Waals surface area contributed by atoms with Crippen LogP contribution >= 0.6 is 0 Å². The van der Waals surface area contributed by atoms with Crippen LogP contribution in [0.5, 0.6) is 0 Å². The predicted octanol–water partition coefficient (Wildman–Crippen LogP) is 1.24. The molecule has 0 spiro atoms. The molecular formula is C14H16N6O3S. The van der Waals surface area contributed by atoms with Crippen molar-refractivity contribution in [3.63, 3.8) is 0 Å². The van der Waals surface area contributed by atoms with E-state index in [1.807, 2.05) is 0 Å². The zero-order valence-electron chi connectivity index (χ0n) is 13.2. The molecule has 1 unspecified atom stereocenters. The van der Waals surface area contributed by atoms with Crippen LogP contribution in [-0.4, -0.2) is 33.3 Å². The van der Waals surface area contributed by atoms with Crippen LogP contribution in [0.25, 0.3) is 11.1 Å². The Morgan fingerprint density at radius 3 is 3.04 bits per heavy atom. The quantitative estimate of drug-likeness (QED) is 0.757. The molecule has 4 rings (SSSR count). The summed E-state index contributed by atoms with van der Waals surface area (Å²) in [5.41, 5.74) is 0.919. The van der Waals surface area contributed by atoms with E-state index in [0.717, 1.165) is 13.0 Å². The van der Waals surface area contributed by atoms with Crippen molar-refractivity contribution in [3.8, 4) is 0 Å². The van der Waals surface area contributed by atoms with Gasteiger partial charge in [-0.1, -0.05) is 5.16 Å². The van der Waals surface area contributed by atoms with Gasteiger partial charge in [-0.05, 0) is 32.8 Å². The summed E-state index contributed by atoms with van der Waals surface area (Å²) in [4.78, 5) is 8.46. The lowest BCUT2D eigenvalue weighted by atomic mass is 10.1. The van der Waals surface area contributed by atoms with Gasteiger partial charge in [-0.15, -0.1) is 0 Å². The molecule has 0 radical (unpaired) electrons. The van der Waals surface area contributed by atoms with E-state index < -0.39 is 16.1 Å². The summed E-state index contributed by atoms with van der Waals surface area (Å²) in [5, 5.41) is 8.66. The molecule has 0 saturated heterocycles. The molecular weight excluding hydrogens is 332 g/mol. The van der Waals surface area contributed by atoms with Crippen LogP contribution in [0.15, 0.2) is 21.7 Å². The van der Waals surface area contributed by atoms with Crippen molar-refractivity contribution in [2.75, 3.05) is 0 Å². The Kier molecular flexibility index (Phi) is 3.39. The van der Waals surface area contributed by atoms with Gasteiger partial charge in [0.1, 0.15) is 16.5 Å². The third-order valence-electron chi connectivity index (χ3n) is 4.07. The third kappa shape index (κ3) is 2.47. The second-order valence-corrected chi connectivity index (χ2v) is 7.56. The highest BCUT2D eigenvalue weighted by Gasteiger charge is 2.29. The highest BCUT2D eigenvalue weighted by molar-refractivity contribution is 7.89. The van der Waals surface area contributed by atoms with Crippen molar-refractivity contribution in [2.24, 2.45) is 0 Å². The van der Waals surface area contributed by atoms with Gasteiger partial charge in [0.15, 0.2) is 0 Å². The highest BCUT2D eigenvalue weighted by Crippen LogP contribution is 2.26. The zero-order chi connectivity index (χ0) is 16.9. The van der Waals surface area contributed by atoms with Gasteiger partial charge in [-0.2, -0.15) is 5.10 Å². The topological polar surface area (TPSA) is 116 Å². The van der Waals surface area contributed by atoms with E-state index in [1.165, 1.54) is 12.3 Å². The Hall–Kier alpha value is -2.33. The molecule has 0 saturated carbocycles. The van der Waals surface area contributed by atoms with E-state index in [-0.39, 0.29) is 4.90 Å². The SMILES string of the molecule is Cc1nc2n(n1)CCCC2NS(=O)(=O)c1cnc2onc(C)c2c1. The fourth-order valence-electron chi connectivity index (χ4n) is 2.91. The van der Waals surface area contributed by atoms with Gasteiger partial charge in [0.2, 0.25) is 10.0 Å². The van der Waals surface area contributed by atoms with Gasteiger partial charge in [-0.3, -0.25) is 0 Å². The van der Waals surface area contributed by atoms with Crippen LogP contribution in [0.1, 0.15) is 36.2 Å². The first-order valence-corrected chi connectivity index (χ1v) is 9.08. The lowest BCUT2D eigenvalue weighted by Crippen LogP contribution is -2.33. The first-order chi connectivity index (χ1) is 11.4. The number of rotatable bonds is 3. The lowest BCUT2D eigenvalue weighted by molar-refractivity contribution is 0.399. The lowest BCUT2D eigenvalue weighted by Gasteiger charge is -2.22. The standard InChI is InChI=1S/C14H16N6O3S/c1-8-11-6-10(7-15-14(11)23-18-8)24(21,22)19-12-4-3-5-20-13(12)16-9(2)17-20/h6-7,12,19H,3-5H2,1-2H3. The van der Waals surface area contributed by atoms with Gasteiger partial charge in [0, 0.05) is 6.54 Å². The Morgan fingerprint density at radius 2 is 2.21 bits per heavy atom. The first-order valence-electron chi connectivity index (χ1n) is 7.60. The minimum Gasteiger partial charge on any atom is -0.336 e. The van der Waals surface area contributed by atoms with Crippen molar-refractivity contribution in [1.82, 2.24) is 29.6 Å². The molecule has 3 aromatic heterocycles. The molecule has 0 fully saturated rings. The van der Waals surface area contributed by atoms with E-state index in [9.17, 15) is 8.42 Å². The summed E-state index contributed by atoms with van der Waals surface area (Å²) in [6.45, 7) is 4.29. The van der Waals surface area contributed by atoms with Gasteiger partial charge in [0.05, 0.1) is 23.3 Å². The Morgan fingerprint density at radius 1 is 1.38 bits per heavy atom. The number of hydrogen-bond donors (Lipinski definition) is 1. The summed E-state index contributed by atoms with van der Waals surface area (Å²) in [6, 6.07) is 1.12. The van der Waals surface area contributed by atoms with Crippen molar-refractivity contribution in [2.45, 2.75) is 44.2 Å². The predicted molar refractivity (Wildman–Crippen MR) is 83.6 cm³/mol. The van der Waals surface area contributed by atoms with Crippen LogP contribution in [0.2, 0.25) is 0 Å². The number of pyridine rings is 1. The van der Waals surface area contributed by atoms with Crippen molar-refractivity contribution in [3.05, 3.63) is 29.6 Å². The Balaban J connectivity index is 1.69. The average Bonchev–Trinajstić information content (AvgIpc) is 3.10. The number of aromatic nitrogens is 5. The average molecular weight is 348 g/mol. The minimum atomic E-state index is -3.74. The van der Waals surface area contributed by atoms with E-state index >= 15 is 0 Å². The maximum atomic E-state index is 12.7. The molecule has 9 nitrogen and oxygen atoms in total. The van der Waals surface area contributed by atoms with Crippen LogP contribution in [0.3, 0.4) is 0 Å². The fourth-order valence-corrected chi connectivity index (χ4v) is 4.11. The highest BCUT2D eigenvalue weighted by atomic mass is 32.2. The van der Waals surface area contributed by atoms with E-state index in [2.05, 4.69) is 24.9 Å². The van der Waals surface area contributed by atoms with Gasteiger partial charge < -0.3 is 4.52 Å². The van der Waals surface area contributed by atoms with Crippen LogP contribution in [0.4, 0.5) is 0 Å². The second kappa shape index (κ2) is 5.35. The molecule has 24 heavy (non-hydrogen) atoms. The molecule has 0 aromatic carbocycles. The smallest absolute Gasteiger partial charge is 0.257 e. The summed E-state index contributed by atoms with van der Waals surface area (Å²) in [6.07, 6.45) is 2.79. The molecule has 0 aliphatic carbocycles. The molecule has 1 atom stereocenters. The maximum absolute atomic E-state index is 12.7. The summed E-state index contributed by atoms with van der Waals surface area (Å²) in [5.74, 6) is 1.29. The van der Waals surface area contributed by atoms with Crippen LogP contribution in [-0.2, 0) is 16.6 Å². The molecule has 0 bridgehead atoms. The molecule has 1 aliphatic heterocycles. The molecule has 0 amide bonds. The number of fused-ring (bicyclic) bond motifs is 2. The molecule has 3 aromatic rings. The maximum Gasteiger partial charge on any atom is 0.257 e. The Labute approximate surface area is 138 Å². The van der Waals surface area contributed by atoms with Crippen molar-refractivity contribution in [1.29, 1.82) is 0 Å². The Bertz CT molecular complexity index is 1020. The number of nitrogens with zero attached hydrogens (tertiary/aromatic N) is 5. The molecule has 10 heteroatoms. The van der Waals surface area contributed by atoms with Crippen molar-refractivity contribution >= 4 is 21.1 Å². The van der Waals surface area contributed by atoms with Gasteiger partial charge in [0.25, 0.3) is 5.71 Å². The van der Waals surface area contributed by atoms with E-state index in [4.69, 9.17) is 4.52 Å². The fraction of sp³-hybridized carbons (Fsp3) is 0.429. The summed E-state index contributed by atoms with van der Waals surface area (Å²) < 4.78 is 35.0. The zero-order valence-corrected chi connectivity index (χ0v) is 14.0. The summed E-state index contributed by atoms with van der Waals surface area (Å²) >= 11 is 0. The third-order valence-corrected chi connectivity index (χ3v) is 5.51. The number of sulfonamides is 1. The second-order valence-electron chi connectivity index (χ2n) is 5.85. The van der Waals surface area contributed by atoms with Crippen LogP contribution in [0, 0.1) is 13.8 Å². The normalized spacial score (nSPS) is 18.0. The largest absolute Gasteiger partial charge is 0.336 e. The molecule has 1 N–H and O–H groups in total. The van der Waals surface area contributed by atoms with Crippen LogP contribution < -0.4 is 4.72 Å². The summed E-state index contributed by atoms with van der Waals surface area (Å²) in [7, 11) is -3.74. The van der Waals surface area contributed by atoms with E-state index in [0.29, 0.717) is 34.9 Å².